The zero-order valence-corrected chi connectivity index (χ0v) is 16.6. The van der Waals surface area contributed by atoms with Gasteiger partial charge in [0.1, 0.15) is 5.75 Å². The SMILES string of the molecule is CC(=O)NCc1cc2cc(Br)c(O)cc2n1S(=O)(=O)c1ccc(C)cc1. The lowest BCUT2D eigenvalue weighted by atomic mass is 10.2. The highest BCUT2D eigenvalue weighted by Crippen LogP contribution is 2.33. The first kappa shape index (κ1) is 18.5. The summed E-state index contributed by atoms with van der Waals surface area (Å²) in [5.41, 5.74) is 1.68. The number of amides is 1. The summed E-state index contributed by atoms with van der Waals surface area (Å²) in [5.74, 6) is -0.333. The lowest BCUT2D eigenvalue weighted by molar-refractivity contribution is -0.119. The molecule has 0 atom stereocenters. The third kappa shape index (κ3) is 3.34. The molecule has 8 heteroatoms. The second-order valence-corrected chi connectivity index (χ2v) is 8.63. The number of benzene rings is 2. The van der Waals surface area contributed by atoms with Crippen LogP contribution in [0.3, 0.4) is 0 Å². The van der Waals surface area contributed by atoms with E-state index in [4.69, 9.17) is 0 Å². The van der Waals surface area contributed by atoms with Crippen LogP contribution in [-0.4, -0.2) is 23.4 Å². The van der Waals surface area contributed by atoms with Crippen LogP contribution in [0.25, 0.3) is 10.9 Å². The zero-order valence-electron chi connectivity index (χ0n) is 14.2. The van der Waals surface area contributed by atoms with Crippen molar-refractivity contribution in [1.82, 2.24) is 9.29 Å². The summed E-state index contributed by atoms with van der Waals surface area (Å²) in [7, 11) is -3.91. The minimum atomic E-state index is -3.91. The molecule has 0 unspecified atom stereocenters. The van der Waals surface area contributed by atoms with E-state index in [1.54, 1.807) is 24.3 Å². The molecule has 1 amide bonds. The van der Waals surface area contributed by atoms with E-state index in [-0.39, 0.29) is 23.1 Å². The van der Waals surface area contributed by atoms with Crippen molar-refractivity contribution in [1.29, 1.82) is 0 Å². The number of nitrogens with zero attached hydrogens (tertiary/aromatic N) is 1. The van der Waals surface area contributed by atoms with Crippen LogP contribution in [-0.2, 0) is 21.4 Å². The van der Waals surface area contributed by atoms with E-state index in [1.165, 1.54) is 25.1 Å². The van der Waals surface area contributed by atoms with Crippen molar-refractivity contribution in [3.05, 3.63) is 58.2 Å². The normalized spacial score (nSPS) is 11.7. The fourth-order valence-corrected chi connectivity index (χ4v) is 4.58. The summed E-state index contributed by atoms with van der Waals surface area (Å²) in [6.45, 7) is 3.29. The van der Waals surface area contributed by atoms with E-state index in [2.05, 4.69) is 21.2 Å². The smallest absolute Gasteiger partial charge is 0.268 e. The van der Waals surface area contributed by atoms with Crippen LogP contribution in [0.2, 0.25) is 0 Å². The topological polar surface area (TPSA) is 88.4 Å². The van der Waals surface area contributed by atoms with Gasteiger partial charge < -0.3 is 10.4 Å². The number of carbonyl (C=O) groups excluding carboxylic acids is 1. The Morgan fingerprint density at radius 1 is 1.19 bits per heavy atom. The predicted octanol–water partition coefficient (Wildman–Crippen LogP) is 3.29. The number of nitrogens with one attached hydrogen (secondary N) is 1. The Bertz CT molecular complexity index is 1100. The number of phenols is 1. The molecule has 0 saturated heterocycles. The number of aromatic nitrogens is 1. The quantitative estimate of drug-likeness (QED) is 0.656. The Morgan fingerprint density at radius 2 is 1.85 bits per heavy atom. The van der Waals surface area contributed by atoms with Crippen LogP contribution in [0.4, 0.5) is 0 Å². The number of rotatable bonds is 4. The third-order valence-corrected chi connectivity index (χ3v) is 6.39. The van der Waals surface area contributed by atoms with Crippen molar-refractivity contribution >= 4 is 42.8 Å². The molecule has 2 aromatic carbocycles. The average Bonchev–Trinajstić information content (AvgIpc) is 2.91. The monoisotopic (exact) mass is 436 g/mol. The Hall–Kier alpha value is -2.32. The first-order valence-electron chi connectivity index (χ1n) is 7.79. The van der Waals surface area contributed by atoms with Crippen molar-refractivity contribution in [2.45, 2.75) is 25.3 Å². The maximum Gasteiger partial charge on any atom is 0.268 e. The molecular formula is C18H17BrN2O4S. The average molecular weight is 437 g/mol. The third-order valence-electron chi connectivity index (χ3n) is 3.98. The molecule has 136 valence electrons. The fourth-order valence-electron chi connectivity index (χ4n) is 2.69. The first-order chi connectivity index (χ1) is 12.2. The van der Waals surface area contributed by atoms with Gasteiger partial charge in [-0.3, -0.25) is 4.79 Å². The van der Waals surface area contributed by atoms with Gasteiger partial charge in [0.2, 0.25) is 5.91 Å². The van der Waals surface area contributed by atoms with Gasteiger partial charge in [-0.15, -0.1) is 0 Å². The standard InChI is InChI=1S/C18H17BrN2O4S/c1-11-3-5-15(6-4-11)26(24,25)21-14(10-20-12(2)22)7-13-8-16(19)18(23)9-17(13)21/h3-9,23H,10H2,1-2H3,(H,20,22). The molecule has 6 nitrogen and oxygen atoms in total. The fraction of sp³-hybridized carbons (Fsp3) is 0.167. The molecule has 0 spiro atoms. The highest BCUT2D eigenvalue weighted by atomic mass is 79.9. The van der Waals surface area contributed by atoms with Crippen molar-refractivity contribution in [2.75, 3.05) is 0 Å². The molecule has 3 aromatic rings. The Kier molecular flexibility index (Phi) is 4.81. The molecule has 0 bridgehead atoms. The van der Waals surface area contributed by atoms with Crippen molar-refractivity contribution in [3.63, 3.8) is 0 Å². The maximum absolute atomic E-state index is 13.2. The molecule has 3 rings (SSSR count). The van der Waals surface area contributed by atoms with Crippen molar-refractivity contribution < 1.29 is 18.3 Å². The number of fused-ring (bicyclic) bond motifs is 1. The Balaban J connectivity index is 2.27. The van der Waals surface area contributed by atoms with E-state index < -0.39 is 10.0 Å². The molecule has 0 aliphatic carbocycles. The van der Waals surface area contributed by atoms with Gasteiger partial charge in [-0.2, -0.15) is 0 Å². The van der Waals surface area contributed by atoms with Gasteiger partial charge in [0.05, 0.1) is 27.1 Å². The minimum Gasteiger partial charge on any atom is -0.507 e. The summed E-state index contributed by atoms with van der Waals surface area (Å²) >= 11 is 3.24. The molecule has 0 saturated carbocycles. The van der Waals surface area contributed by atoms with Gasteiger partial charge in [0, 0.05) is 18.4 Å². The predicted molar refractivity (Wildman–Crippen MR) is 103 cm³/mol. The molecular weight excluding hydrogens is 420 g/mol. The number of hydrogen-bond donors (Lipinski definition) is 2. The van der Waals surface area contributed by atoms with Crippen molar-refractivity contribution in [3.8, 4) is 5.75 Å². The second kappa shape index (κ2) is 6.77. The Labute approximate surface area is 159 Å². The summed E-state index contributed by atoms with van der Waals surface area (Å²) in [5, 5.41) is 13.3. The largest absolute Gasteiger partial charge is 0.507 e. The van der Waals surface area contributed by atoms with Crippen LogP contribution >= 0.6 is 15.9 Å². The van der Waals surface area contributed by atoms with Crippen LogP contribution in [0.1, 0.15) is 18.2 Å². The first-order valence-corrected chi connectivity index (χ1v) is 10.0. The zero-order chi connectivity index (χ0) is 19.1. The van der Waals surface area contributed by atoms with E-state index in [1.807, 2.05) is 6.92 Å². The molecule has 1 heterocycles. The highest BCUT2D eigenvalue weighted by molar-refractivity contribution is 9.10. The van der Waals surface area contributed by atoms with E-state index >= 15 is 0 Å². The number of hydrogen-bond acceptors (Lipinski definition) is 4. The van der Waals surface area contributed by atoms with Crippen LogP contribution < -0.4 is 5.32 Å². The summed E-state index contributed by atoms with van der Waals surface area (Å²) in [6.07, 6.45) is 0. The second-order valence-electron chi connectivity index (χ2n) is 5.99. The molecule has 0 fully saturated rings. The van der Waals surface area contributed by atoms with Gasteiger partial charge in [0.25, 0.3) is 10.0 Å². The van der Waals surface area contributed by atoms with Crippen LogP contribution in [0.15, 0.2) is 51.8 Å². The number of aromatic hydroxyl groups is 1. The number of aryl methyl sites for hydroxylation is 1. The number of carbonyl (C=O) groups is 1. The van der Waals surface area contributed by atoms with Crippen molar-refractivity contribution in [2.24, 2.45) is 0 Å². The van der Waals surface area contributed by atoms with E-state index in [0.717, 1.165) is 9.54 Å². The van der Waals surface area contributed by atoms with Crippen LogP contribution in [0, 0.1) is 6.92 Å². The number of phenolic OH excluding ortho intramolecular Hbond substituents is 1. The minimum absolute atomic E-state index is 0.0491. The van der Waals surface area contributed by atoms with Gasteiger partial charge in [-0.05, 0) is 47.1 Å². The lowest BCUT2D eigenvalue weighted by Crippen LogP contribution is -2.23. The van der Waals surface area contributed by atoms with Crippen LogP contribution in [0.5, 0.6) is 5.75 Å². The summed E-state index contributed by atoms with van der Waals surface area (Å²) in [4.78, 5) is 11.4. The van der Waals surface area contributed by atoms with E-state index in [9.17, 15) is 18.3 Å². The lowest BCUT2D eigenvalue weighted by Gasteiger charge is -2.13. The van der Waals surface area contributed by atoms with Gasteiger partial charge in [0.15, 0.2) is 0 Å². The molecule has 1 aromatic heterocycles. The van der Waals surface area contributed by atoms with E-state index in [0.29, 0.717) is 21.1 Å². The molecule has 0 aliphatic heterocycles. The van der Waals surface area contributed by atoms with Gasteiger partial charge in [-0.1, -0.05) is 17.7 Å². The number of halogens is 1. The summed E-state index contributed by atoms with van der Waals surface area (Å²) < 4.78 is 28.1. The Morgan fingerprint density at radius 3 is 2.46 bits per heavy atom. The highest BCUT2D eigenvalue weighted by Gasteiger charge is 2.24. The molecule has 0 radical (unpaired) electrons. The van der Waals surface area contributed by atoms with Gasteiger partial charge in [-0.25, -0.2) is 12.4 Å². The summed E-state index contributed by atoms with van der Waals surface area (Å²) in [6, 6.07) is 11.2. The maximum atomic E-state index is 13.2. The molecule has 0 aliphatic rings. The molecule has 26 heavy (non-hydrogen) atoms. The molecule has 2 N–H and O–H groups in total. The van der Waals surface area contributed by atoms with Gasteiger partial charge >= 0.3 is 0 Å².